The monoisotopic (exact) mass is 216 g/mol. The summed E-state index contributed by atoms with van der Waals surface area (Å²) in [5, 5.41) is 5.37. The molecule has 1 aromatic rings. The zero-order chi connectivity index (χ0) is 11.7. The van der Waals surface area contributed by atoms with Gasteiger partial charge in [-0.2, -0.15) is 5.10 Å². The second kappa shape index (κ2) is 3.89. The second-order valence-electron chi connectivity index (χ2n) is 3.81. The lowest BCUT2D eigenvalue weighted by molar-refractivity contribution is -0.119. The van der Waals surface area contributed by atoms with Gasteiger partial charge in [0.15, 0.2) is 5.78 Å². The molecule has 1 heterocycles. The number of ketones is 1. The summed E-state index contributed by atoms with van der Waals surface area (Å²) in [6.07, 6.45) is 1.61. The van der Waals surface area contributed by atoms with E-state index < -0.39 is 0 Å². The number of amides is 1. The second-order valence-corrected chi connectivity index (χ2v) is 3.81. The Hall–Kier alpha value is -1.97. The van der Waals surface area contributed by atoms with Gasteiger partial charge in [0.25, 0.3) is 5.91 Å². The molecule has 1 amide bonds. The Kier molecular flexibility index (Phi) is 2.56. The molecule has 1 atom stereocenters. The summed E-state index contributed by atoms with van der Waals surface area (Å²) in [5.41, 5.74) is 1.32. The van der Waals surface area contributed by atoms with Crippen LogP contribution in [-0.2, 0) is 4.79 Å². The van der Waals surface area contributed by atoms with Crippen LogP contribution in [0, 0.1) is 5.92 Å². The first-order chi connectivity index (χ1) is 7.59. The number of hydrogen-bond donors (Lipinski definition) is 0. The number of carbonyl (C=O) groups excluding carboxylic acids is 2. The standard InChI is InChI=1S/C12H12N2O2/c1-8-7-13-14(12(8)16)11-5-3-10(4-6-11)9(2)15/h3-8H,1-2H3. The Balaban J connectivity index is 2.26. The van der Waals surface area contributed by atoms with E-state index in [1.165, 1.54) is 11.9 Å². The predicted molar refractivity (Wildman–Crippen MR) is 61.6 cm³/mol. The third-order valence-corrected chi connectivity index (χ3v) is 2.52. The molecule has 0 saturated carbocycles. The highest BCUT2D eigenvalue weighted by atomic mass is 16.2. The van der Waals surface area contributed by atoms with Crippen LogP contribution in [0.5, 0.6) is 0 Å². The van der Waals surface area contributed by atoms with Gasteiger partial charge in [-0.3, -0.25) is 9.59 Å². The first kappa shape index (κ1) is 10.5. The van der Waals surface area contributed by atoms with Crippen LogP contribution in [0.1, 0.15) is 24.2 Å². The van der Waals surface area contributed by atoms with Gasteiger partial charge < -0.3 is 0 Å². The van der Waals surface area contributed by atoms with Crippen LogP contribution in [0.2, 0.25) is 0 Å². The van der Waals surface area contributed by atoms with Crippen LogP contribution in [0.3, 0.4) is 0 Å². The molecule has 1 aliphatic heterocycles. The number of rotatable bonds is 2. The smallest absolute Gasteiger partial charge is 0.255 e. The minimum Gasteiger partial charge on any atom is -0.295 e. The minimum atomic E-state index is -0.174. The van der Waals surface area contributed by atoms with Crippen molar-refractivity contribution < 1.29 is 9.59 Å². The fourth-order valence-corrected chi connectivity index (χ4v) is 1.51. The molecule has 4 nitrogen and oxygen atoms in total. The lowest BCUT2D eigenvalue weighted by Gasteiger charge is -2.12. The molecule has 0 fully saturated rings. The van der Waals surface area contributed by atoms with Crippen molar-refractivity contribution in [3.05, 3.63) is 29.8 Å². The maximum Gasteiger partial charge on any atom is 0.255 e. The van der Waals surface area contributed by atoms with E-state index in [0.29, 0.717) is 11.3 Å². The van der Waals surface area contributed by atoms with E-state index in [1.54, 1.807) is 37.4 Å². The van der Waals surface area contributed by atoms with Crippen LogP contribution < -0.4 is 5.01 Å². The van der Waals surface area contributed by atoms with Crippen LogP contribution in [0.4, 0.5) is 5.69 Å². The molecule has 0 spiro atoms. The molecule has 0 radical (unpaired) electrons. The van der Waals surface area contributed by atoms with Crippen LogP contribution >= 0.6 is 0 Å². The molecule has 0 aliphatic carbocycles. The van der Waals surface area contributed by atoms with Gasteiger partial charge in [0.2, 0.25) is 0 Å². The summed E-state index contributed by atoms with van der Waals surface area (Å²) in [4.78, 5) is 22.7. The number of hydrazone groups is 1. The highest BCUT2D eigenvalue weighted by molar-refractivity contribution is 6.07. The van der Waals surface area contributed by atoms with Crippen molar-refractivity contribution in [2.24, 2.45) is 11.0 Å². The van der Waals surface area contributed by atoms with E-state index in [2.05, 4.69) is 5.10 Å². The molecule has 82 valence electrons. The van der Waals surface area contributed by atoms with Gasteiger partial charge >= 0.3 is 0 Å². The topological polar surface area (TPSA) is 49.7 Å². The zero-order valence-corrected chi connectivity index (χ0v) is 9.18. The van der Waals surface area contributed by atoms with E-state index in [9.17, 15) is 9.59 Å². The highest BCUT2D eigenvalue weighted by Crippen LogP contribution is 2.21. The molecular weight excluding hydrogens is 204 g/mol. The quantitative estimate of drug-likeness (QED) is 0.708. The molecule has 0 saturated heterocycles. The van der Waals surface area contributed by atoms with Gasteiger partial charge in [0, 0.05) is 11.8 Å². The third kappa shape index (κ3) is 1.74. The van der Waals surface area contributed by atoms with E-state index in [-0.39, 0.29) is 17.6 Å². The van der Waals surface area contributed by atoms with Crippen molar-refractivity contribution in [1.29, 1.82) is 0 Å². The van der Waals surface area contributed by atoms with Crippen LogP contribution in [0.25, 0.3) is 0 Å². The van der Waals surface area contributed by atoms with Crippen molar-refractivity contribution in [2.45, 2.75) is 13.8 Å². The first-order valence-electron chi connectivity index (χ1n) is 5.08. The number of hydrogen-bond acceptors (Lipinski definition) is 3. The Labute approximate surface area is 93.6 Å². The number of anilines is 1. The molecule has 1 unspecified atom stereocenters. The van der Waals surface area contributed by atoms with E-state index in [1.807, 2.05) is 0 Å². The number of Topliss-reactive ketones (excluding diaryl/α,β-unsaturated/α-hetero) is 1. The van der Waals surface area contributed by atoms with E-state index in [0.717, 1.165) is 0 Å². The summed E-state index contributed by atoms with van der Waals surface area (Å²) in [5.74, 6) is -0.209. The minimum absolute atomic E-state index is 0.0103. The van der Waals surface area contributed by atoms with Gasteiger partial charge in [-0.05, 0) is 38.1 Å². The summed E-state index contributed by atoms with van der Waals surface area (Å²) >= 11 is 0. The molecule has 4 heteroatoms. The highest BCUT2D eigenvalue weighted by Gasteiger charge is 2.25. The van der Waals surface area contributed by atoms with Gasteiger partial charge in [-0.25, -0.2) is 5.01 Å². The summed E-state index contributed by atoms with van der Waals surface area (Å²) in [7, 11) is 0. The Bertz CT molecular complexity index is 462. The van der Waals surface area contributed by atoms with Crippen molar-refractivity contribution in [3.63, 3.8) is 0 Å². The average molecular weight is 216 g/mol. The fourth-order valence-electron chi connectivity index (χ4n) is 1.51. The fraction of sp³-hybridized carbons (Fsp3) is 0.250. The molecule has 0 N–H and O–H groups in total. The summed E-state index contributed by atoms with van der Waals surface area (Å²) in [6.45, 7) is 3.31. The van der Waals surface area contributed by atoms with Gasteiger partial charge in [-0.1, -0.05) is 0 Å². The third-order valence-electron chi connectivity index (χ3n) is 2.52. The van der Waals surface area contributed by atoms with Gasteiger partial charge in [0.1, 0.15) is 0 Å². The normalized spacial score (nSPS) is 19.2. The average Bonchev–Trinajstić information content (AvgIpc) is 2.60. The number of carbonyl (C=O) groups is 2. The van der Waals surface area contributed by atoms with Crippen LogP contribution in [0.15, 0.2) is 29.4 Å². The number of nitrogens with zero attached hydrogens (tertiary/aromatic N) is 2. The molecular formula is C12H12N2O2. The van der Waals surface area contributed by atoms with Crippen molar-refractivity contribution >= 4 is 23.6 Å². The lowest BCUT2D eigenvalue weighted by atomic mass is 10.1. The SMILES string of the molecule is CC(=O)c1ccc(N2N=CC(C)C2=O)cc1. The maximum absolute atomic E-state index is 11.7. The largest absolute Gasteiger partial charge is 0.295 e. The molecule has 0 aromatic heterocycles. The Morgan fingerprint density at radius 3 is 2.38 bits per heavy atom. The number of benzene rings is 1. The Morgan fingerprint density at radius 1 is 1.31 bits per heavy atom. The van der Waals surface area contributed by atoms with E-state index >= 15 is 0 Å². The van der Waals surface area contributed by atoms with Crippen LogP contribution in [-0.4, -0.2) is 17.9 Å². The summed E-state index contributed by atoms with van der Waals surface area (Å²) < 4.78 is 0. The first-order valence-corrected chi connectivity index (χ1v) is 5.08. The summed E-state index contributed by atoms with van der Waals surface area (Å²) in [6, 6.07) is 6.85. The van der Waals surface area contributed by atoms with Gasteiger partial charge in [-0.15, -0.1) is 0 Å². The molecule has 0 bridgehead atoms. The molecule has 1 aromatic carbocycles. The molecule has 16 heavy (non-hydrogen) atoms. The van der Waals surface area contributed by atoms with Gasteiger partial charge in [0.05, 0.1) is 11.6 Å². The van der Waals surface area contributed by atoms with E-state index in [4.69, 9.17) is 0 Å². The van der Waals surface area contributed by atoms with Crippen molar-refractivity contribution in [1.82, 2.24) is 0 Å². The van der Waals surface area contributed by atoms with Crippen molar-refractivity contribution in [3.8, 4) is 0 Å². The van der Waals surface area contributed by atoms with Crippen molar-refractivity contribution in [2.75, 3.05) is 5.01 Å². The Morgan fingerprint density at radius 2 is 1.94 bits per heavy atom. The maximum atomic E-state index is 11.7. The molecule has 1 aliphatic rings. The lowest BCUT2D eigenvalue weighted by Crippen LogP contribution is -2.24. The zero-order valence-electron chi connectivity index (χ0n) is 9.18. The predicted octanol–water partition coefficient (Wildman–Crippen LogP) is 1.86. The molecule has 2 rings (SSSR count).